The SMILES string of the molecule is Cc1ccc(S(=O)(=O)N(C)C[C@@H]2Oc3ccc(NC(=O)Nc4ccc5c(c4)OCO5)cc3CC(=O)N([C@H](C)CO)C[C@H]2C)cc1. The van der Waals surface area contributed by atoms with E-state index in [1.54, 1.807) is 72.5 Å². The predicted molar refractivity (Wildman–Crippen MR) is 168 cm³/mol. The number of carbonyl (C=O) groups excluding carboxylic acids is 2. The van der Waals surface area contributed by atoms with Crippen molar-refractivity contribution in [2.24, 2.45) is 5.92 Å². The third kappa shape index (κ3) is 7.32. The van der Waals surface area contributed by atoms with Gasteiger partial charge in [-0.3, -0.25) is 4.79 Å². The Morgan fingerprint density at radius 1 is 1.02 bits per heavy atom. The van der Waals surface area contributed by atoms with Crippen LogP contribution in [0.5, 0.6) is 17.2 Å². The van der Waals surface area contributed by atoms with Gasteiger partial charge in [0.1, 0.15) is 11.9 Å². The van der Waals surface area contributed by atoms with Crippen molar-refractivity contribution < 1.29 is 37.3 Å². The fraction of sp³-hybridized carbons (Fsp3) is 0.375. The monoisotopic (exact) mass is 638 g/mol. The van der Waals surface area contributed by atoms with Gasteiger partial charge in [0.25, 0.3) is 0 Å². The van der Waals surface area contributed by atoms with E-state index in [1.807, 2.05) is 13.8 Å². The highest BCUT2D eigenvalue weighted by Gasteiger charge is 2.33. The number of benzene rings is 3. The number of anilines is 2. The number of aryl methyl sites for hydroxylation is 1. The number of fused-ring (bicyclic) bond motifs is 2. The first-order chi connectivity index (χ1) is 21.4. The molecule has 3 atom stereocenters. The molecule has 3 aromatic carbocycles. The van der Waals surface area contributed by atoms with Crippen LogP contribution < -0.4 is 24.8 Å². The van der Waals surface area contributed by atoms with Crippen LogP contribution in [0.3, 0.4) is 0 Å². The van der Waals surface area contributed by atoms with E-state index in [2.05, 4.69) is 10.6 Å². The van der Waals surface area contributed by atoms with E-state index in [0.717, 1.165) is 5.56 Å². The van der Waals surface area contributed by atoms with E-state index in [-0.39, 0.29) is 49.6 Å². The Bertz CT molecular complexity index is 1660. The van der Waals surface area contributed by atoms with E-state index in [4.69, 9.17) is 14.2 Å². The lowest BCUT2D eigenvalue weighted by atomic mass is 10.0. The number of hydrogen-bond donors (Lipinski definition) is 3. The van der Waals surface area contributed by atoms with Crippen molar-refractivity contribution in [3.63, 3.8) is 0 Å². The summed E-state index contributed by atoms with van der Waals surface area (Å²) in [6, 6.07) is 15.7. The van der Waals surface area contributed by atoms with Crippen LogP contribution in [0.4, 0.5) is 16.2 Å². The van der Waals surface area contributed by atoms with Gasteiger partial charge in [0.2, 0.25) is 22.7 Å². The van der Waals surface area contributed by atoms with Crippen molar-refractivity contribution in [2.75, 3.05) is 44.2 Å². The summed E-state index contributed by atoms with van der Waals surface area (Å²) in [5, 5.41) is 15.5. The maximum atomic E-state index is 13.5. The fourth-order valence-electron chi connectivity index (χ4n) is 5.23. The molecule has 3 aromatic rings. The van der Waals surface area contributed by atoms with Crippen molar-refractivity contribution in [2.45, 2.75) is 44.2 Å². The second kappa shape index (κ2) is 13.3. The number of aliphatic hydroxyl groups excluding tert-OH is 1. The van der Waals surface area contributed by atoms with Crippen LogP contribution in [0.15, 0.2) is 65.6 Å². The van der Waals surface area contributed by atoms with E-state index in [1.165, 1.54) is 11.4 Å². The quantitative estimate of drug-likeness (QED) is 0.337. The molecule has 12 nitrogen and oxygen atoms in total. The first-order valence-corrected chi connectivity index (χ1v) is 16.1. The Morgan fingerprint density at radius 2 is 1.67 bits per heavy atom. The molecule has 240 valence electrons. The second-order valence-electron chi connectivity index (χ2n) is 11.5. The van der Waals surface area contributed by atoms with Gasteiger partial charge in [-0.15, -0.1) is 0 Å². The highest BCUT2D eigenvalue weighted by molar-refractivity contribution is 7.89. The number of hydrogen-bond acceptors (Lipinski definition) is 8. The van der Waals surface area contributed by atoms with Gasteiger partial charge in [-0.25, -0.2) is 13.2 Å². The van der Waals surface area contributed by atoms with Gasteiger partial charge in [0, 0.05) is 42.5 Å². The third-order valence-corrected chi connectivity index (χ3v) is 9.81. The highest BCUT2D eigenvalue weighted by atomic mass is 32.2. The summed E-state index contributed by atoms with van der Waals surface area (Å²) in [4.78, 5) is 28.1. The molecule has 2 aliphatic heterocycles. The highest BCUT2D eigenvalue weighted by Crippen LogP contribution is 2.34. The van der Waals surface area contributed by atoms with Gasteiger partial charge in [0.05, 0.1) is 30.5 Å². The molecule has 13 heteroatoms. The van der Waals surface area contributed by atoms with Gasteiger partial charge < -0.3 is 34.9 Å². The Morgan fingerprint density at radius 3 is 2.36 bits per heavy atom. The molecule has 0 fully saturated rings. The van der Waals surface area contributed by atoms with Gasteiger partial charge in [-0.2, -0.15) is 4.31 Å². The van der Waals surface area contributed by atoms with Crippen molar-refractivity contribution in [3.8, 4) is 17.2 Å². The maximum absolute atomic E-state index is 13.5. The molecule has 3 N–H and O–H groups in total. The van der Waals surface area contributed by atoms with Crippen LogP contribution in [0, 0.1) is 12.8 Å². The van der Waals surface area contributed by atoms with Crippen molar-refractivity contribution in [1.29, 1.82) is 0 Å². The Labute approximate surface area is 262 Å². The molecule has 2 heterocycles. The summed E-state index contributed by atoms with van der Waals surface area (Å²) < 4.78 is 45.2. The predicted octanol–water partition coefficient (Wildman–Crippen LogP) is 3.84. The average molecular weight is 639 g/mol. The number of nitrogens with one attached hydrogen (secondary N) is 2. The van der Waals surface area contributed by atoms with Crippen LogP contribution in [0.1, 0.15) is 25.0 Å². The zero-order chi connectivity index (χ0) is 32.3. The molecule has 5 rings (SSSR count). The normalized spacial score (nSPS) is 18.7. The van der Waals surface area contributed by atoms with Crippen LogP contribution >= 0.6 is 0 Å². The summed E-state index contributed by atoms with van der Waals surface area (Å²) in [5.41, 5.74) is 2.39. The Hall–Kier alpha value is -4.33. The standard InChI is InChI=1S/C32H38N4O8S/c1-20-5-9-26(10-6-20)45(40,41)35(4)17-30-21(2)16-36(22(3)18-37)31(38)14-23-13-24(7-11-27(23)44-30)33-32(39)34-25-8-12-28-29(15-25)43-19-42-28/h5-13,15,21-22,30,37H,14,16-19H2,1-4H3,(H2,33,34,39)/t21-,22-,30+/m1/s1. The molecule has 45 heavy (non-hydrogen) atoms. The average Bonchev–Trinajstić information content (AvgIpc) is 3.49. The van der Waals surface area contributed by atoms with Gasteiger partial charge >= 0.3 is 6.03 Å². The van der Waals surface area contributed by atoms with Crippen molar-refractivity contribution >= 4 is 33.3 Å². The molecule has 0 saturated carbocycles. The largest absolute Gasteiger partial charge is 0.488 e. The molecule has 2 aliphatic rings. The van der Waals surface area contributed by atoms with E-state index in [9.17, 15) is 23.1 Å². The molecule has 0 spiro atoms. The lowest BCUT2D eigenvalue weighted by Gasteiger charge is -2.33. The minimum atomic E-state index is -3.82. The zero-order valence-electron chi connectivity index (χ0n) is 25.6. The van der Waals surface area contributed by atoms with Gasteiger partial charge in [-0.1, -0.05) is 24.6 Å². The smallest absolute Gasteiger partial charge is 0.323 e. The number of amides is 3. The summed E-state index contributed by atoms with van der Waals surface area (Å²) in [6.45, 7) is 5.69. The zero-order valence-corrected chi connectivity index (χ0v) is 26.5. The van der Waals surface area contributed by atoms with E-state index < -0.39 is 28.2 Å². The number of carbonyl (C=O) groups is 2. The number of rotatable bonds is 8. The molecule has 0 unspecified atom stereocenters. The van der Waals surface area contributed by atoms with Crippen LogP contribution in [0.2, 0.25) is 0 Å². The van der Waals surface area contributed by atoms with Crippen LogP contribution in [0.25, 0.3) is 0 Å². The molecule has 3 amide bonds. The molecule has 0 saturated heterocycles. The van der Waals surface area contributed by atoms with Crippen LogP contribution in [-0.2, 0) is 21.2 Å². The number of sulfonamides is 1. The maximum Gasteiger partial charge on any atom is 0.323 e. The molecular formula is C32H38N4O8S. The minimum absolute atomic E-state index is 0.0181. The lowest BCUT2D eigenvalue weighted by molar-refractivity contribution is -0.134. The molecule has 0 aliphatic carbocycles. The first-order valence-electron chi connectivity index (χ1n) is 14.6. The number of nitrogens with zero attached hydrogens (tertiary/aromatic N) is 2. The third-order valence-electron chi connectivity index (χ3n) is 7.97. The number of urea groups is 1. The topological polar surface area (TPSA) is 147 Å². The second-order valence-corrected chi connectivity index (χ2v) is 13.5. The van der Waals surface area contributed by atoms with E-state index >= 15 is 0 Å². The molecule has 0 bridgehead atoms. The summed E-state index contributed by atoms with van der Waals surface area (Å²) in [7, 11) is -2.31. The van der Waals surface area contributed by atoms with Gasteiger partial charge in [0.15, 0.2) is 11.5 Å². The number of likely N-dealkylation sites (N-methyl/N-ethyl adjacent to an activating group) is 1. The minimum Gasteiger partial charge on any atom is -0.488 e. The number of ether oxygens (including phenoxy) is 3. The van der Waals surface area contributed by atoms with Gasteiger partial charge in [-0.05, 0) is 56.3 Å². The first kappa shape index (κ1) is 32.1. The van der Waals surface area contributed by atoms with E-state index in [0.29, 0.717) is 34.2 Å². The lowest BCUT2D eigenvalue weighted by Crippen LogP contribution is -2.48. The fourth-order valence-corrected chi connectivity index (χ4v) is 6.42. The van der Waals surface area contributed by atoms with Crippen molar-refractivity contribution in [1.82, 2.24) is 9.21 Å². The summed E-state index contributed by atoms with van der Waals surface area (Å²) >= 11 is 0. The molecule has 0 radical (unpaired) electrons. The molecular weight excluding hydrogens is 600 g/mol. The molecule has 0 aromatic heterocycles. The Kier molecular flexibility index (Phi) is 9.51. The summed E-state index contributed by atoms with van der Waals surface area (Å²) in [5.74, 6) is 1.01. The summed E-state index contributed by atoms with van der Waals surface area (Å²) in [6.07, 6.45) is -0.683. The number of aliphatic hydroxyl groups is 1. The van der Waals surface area contributed by atoms with Crippen LogP contribution in [-0.4, -0.2) is 80.4 Å². The Balaban J connectivity index is 1.38. The van der Waals surface area contributed by atoms with Crippen molar-refractivity contribution in [3.05, 3.63) is 71.8 Å².